The molecule has 0 atom stereocenters. The third-order valence-electron chi connectivity index (χ3n) is 1.95. The fourth-order valence-corrected chi connectivity index (χ4v) is 1.16. The molecule has 0 aliphatic heterocycles. The van der Waals surface area contributed by atoms with E-state index in [1.807, 2.05) is 12.1 Å². The van der Waals surface area contributed by atoms with Gasteiger partial charge >= 0.3 is 0 Å². The molecule has 0 radical (unpaired) electrons. The summed E-state index contributed by atoms with van der Waals surface area (Å²) in [7, 11) is 1.67. The second-order valence-electron chi connectivity index (χ2n) is 3.23. The highest BCUT2D eigenvalue weighted by Crippen LogP contribution is 2.08. The molecule has 0 bridgehead atoms. The van der Waals surface area contributed by atoms with Gasteiger partial charge in [0.2, 0.25) is 0 Å². The van der Waals surface area contributed by atoms with Crippen molar-refractivity contribution < 1.29 is 14.6 Å². The van der Waals surface area contributed by atoms with E-state index in [0.717, 1.165) is 12.2 Å². The molecule has 1 aromatic rings. The van der Waals surface area contributed by atoms with Crippen molar-refractivity contribution in [3.8, 4) is 5.75 Å². The van der Waals surface area contributed by atoms with Gasteiger partial charge < -0.3 is 19.9 Å². The zero-order valence-corrected chi connectivity index (χ0v) is 9.48. The predicted octanol–water partition coefficient (Wildman–Crippen LogP) is 0.189. The first kappa shape index (κ1) is 12.9. The molecule has 2 N–H and O–H groups in total. The predicted molar refractivity (Wildman–Crippen MR) is 60.4 cm³/mol. The van der Waals surface area contributed by atoms with Crippen LogP contribution in [0, 0.1) is 0 Å². The number of pyridine rings is 1. The maximum absolute atomic E-state index is 8.58. The molecule has 1 rings (SSSR count). The minimum atomic E-state index is 0.0142. The van der Waals surface area contributed by atoms with Crippen LogP contribution in [0.25, 0.3) is 0 Å². The Morgan fingerprint density at radius 3 is 2.88 bits per heavy atom. The van der Waals surface area contributed by atoms with Gasteiger partial charge in [-0.15, -0.1) is 0 Å². The summed E-state index contributed by atoms with van der Waals surface area (Å²) < 4.78 is 10.1. The fourth-order valence-electron chi connectivity index (χ4n) is 1.16. The smallest absolute Gasteiger partial charge is 0.137 e. The fraction of sp³-hybridized carbons (Fsp3) is 0.545. The SMILES string of the molecule is COCCNCc1ccc(OCCO)cn1. The Labute approximate surface area is 95.4 Å². The van der Waals surface area contributed by atoms with Gasteiger partial charge in [0.1, 0.15) is 12.4 Å². The molecule has 0 fully saturated rings. The summed E-state index contributed by atoms with van der Waals surface area (Å²) in [5, 5.41) is 11.8. The molecule has 16 heavy (non-hydrogen) atoms. The summed E-state index contributed by atoms with van der Waals surface area (Å²) in [6.45, 7) is 2.52. The number of rotatable bonds is 8. The van der Waals surface area contributed by atoms with E-state index in [9.17, 15) is 0 Å². The number of aliphatic hydroxyl groups is 1. The summed E-state index contributed by atoms with van der Waals surface area (Å²) in [6, 6.07) is 3.74. The first-order valence-corrected chi connectivity index (χ1v) is 5.25. The van der Waals surface area contributed by atoms with Crippen LogP contribution in [-0.2, 0) is 11.3 Å². The standard InChI is InChI=1S/C11H18N2O3/c1-15-6-4-12-8-10-2-3-11(9-13-10)16-7-5-14/h2-3,9,12,14H,4-8H2,1H3. The van der Waals surface area contributed by atoms with E-state index in [1.54, 1.807) is 13.3 Å². The maximum Gasteiger partial charge on any atom is 0.137 e. The third-order valence-corrected chi connectivity index (χ3v) is 1.95. The zero-order valence-electron chi connectivity index (χ0n) is 9.48. The number of nitrogens with zero attached hydrogens (tertiary/aromatic N) is 1. The number of hydrogen-bond donors (Lipinski definition) is 2. The lowest BCUT2D eigenvalue weighted by Crippen LogP contribution is -2.19. The lowest BCUT2D eigenvalue weighted by Gasteiger charge is -2.06. The summed E-state index contributed by atoms with van der Waals surface area (Å²) in [6.07, 6.45) is 1.66. The minimum Gasteiger partial charge on any atom is -0.490 e. The van der Waals surface area contributed by atoms with Crippen molar-refractivity contribution in [2.24, 2.45) is 0 Å². The highest BCUT2D eigenvalue weighted by Gasteiger charge is 1.96. The number of nitrogens with one attached hydrogen (secondary N) is 1. The number of aliphatic hydroxyl groups excluding tert-OH is 1. The Hall–Kier alpha value is -1.17. The van der Waals surface area contributed by atoms with Crippen LogP contribution in [0.5, 0.6) is 5.75 Å². The van der Waals surface area contributed by atoms with Crippen LogP contribution in [0.15, 0.2) is 18.3 Å². The van der Waals surface area contributed by atoms with Gasteiger partial charge in [-0.2, -0.15) is 0 Å². The van der Waals surface area contributed by atoms with E-state index in [4.69, 9.17) is 14.6 Å². The molecule has 0 saturated carbocycles. The first-order valence-electron chi connectivity index (χ1n) is 5.25. The van der Waals surface area contributed by atoms with Gasteiger partial charge in [0.25, 0.3) is 0 Å². The van der Waals surface area contributed by atoms with Crippen molar-refractivity contribution >= 4 is 0 Å². The van der Waals surface area contributed by atoms with E-state index in [0.29, 0.717) is 25.5 Å². The lowest BCUT2D eigenvalue weighted by molar-refractivity contribution is 0.199. The summed E-state index contributed by atoms with van der Waals surface area (Å²) in [5.41, 5.74) is 0.951. The zero-order chi connectivity index (χ0) is 11.6. The van der Waals surface area contributed by atoms with Crippen LogP contribution in [0.4, 0.5) is 0 Å². The number of aromatic nitrogens is 1. The van der Waals surface area contributed by atoms with Crippen molar-refractivity contribution in [2.45, 2.75) is 6.54 Å². The Balaban J connectivity index is 2.27. The molecule has 0 spiro atoms. The topological polar surface area (TPSA) is 63.6 Å². The second kappa shape index (κ2) is 8.04. The molecule has 0 aliphatic carbocycles. The van der Waals surface area contributed by atoms with Crippen LogP contribution < -0.4 is 10.1 Å². The van der Waals surface area contributed by atoms with Gasteiger partial charge in [0.15, 0.2) is 0 Å². The molecular formula is C11H18N2O3. The van der Waals surface area contributed by atoms with Crippen LogP contribution in [0.1, 0.15) is 5.69 Å². The molecule has 5 nitrogen and oxygen atoms in total. The second-order valence-corrected chi connectivity index (χ2v) is 3.23. The van der Waals surface area contributed by atoms with E-state index >= 15 is 0 Å². The van der Waals surface area contributed by atoms with Crippen molar-refractivity contribution in [1.82, 2.24) is 10.3 Å². The molecule has 0 saturated heterocycles. The summed E-state index contributed by atoms with van der Waals surface area (Å²) >= 11 is 0. The number of methoxy groups -OCH3 is 1. The third kappa shape index (κ3) is 5.06. The average Bonchev–Trinajstić information content (AvgIpc) is 2.33. The van der Waals surface area contributed by atoms with Gasteiger partial charge in [-0.3, -0.25) is 4.98 Å². The molecular weight excluding hydrogens is 208 g/mol. The van der Waals surface area contributed by atoms with E-state index in [-0.39, 0.29) is 6.61 Å². The van der Waals surface area contributed by atoms with Crippen molar-refractivity contribution in [2.75, 3.05) is 33.5 Å². The Morgan fingerprint density at radius 2 is 2.25 bits per heavy atom. The molecule has 0 unspecified atom stereocenters. The van der Waals surface area contributed by atoms with Crippen molar-refractivity contribution in [3.05, 3.63) is 24.0 Å². The van der Waals surface area contributed by atoms with Gasteiger partial charge in [-0.25, -0.2) is 0 Å². The monoisotopic (exact) mass is 226 g/mol. The van der Waals surface area contributed by atoms with Crippen molar-refractivity contribution in [1.29, 1.82) is 0 Å². The van der Waals surface area contributed by atoms with Crippen molar-refractivity contribution in [3.63, 3.8) is 0 Å². The van der Waals surface area contributed by atoms with E-state index in [1.165, 1.54) is 0 Å². The Kier molecular flexibility index (Phi) is 6.48. The molecule has 5 heteroatoms. The van der Waals surface area contributed by atoms with E-state index in [2.05, 4.69) is 10.3 Å². The first-order chi connectivity index (χ1) is 7.86. The average molecular weight is 226 g/mol. The number of hydrogen-bond acceptors (Lipinski definition) is 5. The highest BCUT2D eigenvalue weighted by atomic mass is 16.5. The molecule has 0 aliphatic rings. The van der Waals surface area contributed by atoms with Crippen LogP contribution in [-0.4, -0.2) is 43.6 Å². The molecule has 0 aromatic carbocycles. The Morgan fingerprint density at radius 1 is 1.38 bits per heavy atom. The lowest BCUT2D eigenvalue weighted by atomic mass is 10.3. The van der Waals surface area contributed by atoms with Crippen LogP contribution in [0.2, 0.25) is 0 Å². The summed E-state index contributed by atoms with van der Waals surface area (Å²) in [5.74, 6) is 0.676. The molecule has 0 amide bonds. The van der Waals surface area contributed by atoms with E-state index < -0.39 is 0 Å². The van der Waals surface area contributed by atoms with Gasteiger partial charge in [-0.05, 0) is 12.1 Å². The molecule has 1 heterocycles. The highest BCUT2D eigenvalue weighted by molar-refractivity contribution is 5.19. The molecule has 1 aromatic heterocycles. The van der Waals surface area contributed by atoms with Gasteiger partial charge in [-0.1, -0.05) is 0 Å². The van der Waals surface area contributed by atoms with Gasteiger partial charge in [0, 0.05) is 20.2 Å². The van der Waals surface area contributed by atoms with Crippen LogP contribution >= 0.6 is 0 Å². The summed E-state index contributed by atoms with van der Waals surface area (Å²) in [4.78, 5) is 4.22. The van der Waals surface area contributed by atoms with Crippen LogP contribution in [0.3, 0.4) is 0 Å². The number of ether oxygens (including phenoxy) is 2. The largest absolute Gasteiger partial charge is 0.490 e. The minimum absolute atomic E-state index is 0.0142. The normalized spacial score (nSPS) is 10.4. The molecule has 90 valence electrons. The Bertz CT molecular complexity index is 277. The quantitative estimate of drug-likeness (QED) is 0.619. The van der Waals surface area contributed by atoms with Gasteiger partial charge in [0.05, 0.1) is 25.1 Å². The maximum atomic E-state index is 8.58.